The SMILES string of the molecule is O=C(NCCN1C(=O)S/C(=C\c2ccc(F)cc2)C1=O)c1cc(Cl)c2c(c1)OCCCO2. The van der Waals surface area contributed by atoms with Crippen LogP contribution >= 0.6 is 23.4 Å². The Morgan fingerprint density at radius 2 is 1.94 bits per heavy atom. The number of carbonyl (C=O) groups excluding carboxylic acids is 3. The predicted molar refractivity (Wildman–Crippen MR) is 118 cm³/mol. The van der Waals surface area contributed by atoms with Crippen LogP contribution in [-0.4, -0.2) is 48.3 Å². The number of nitrogens with zero attached hydrogens (tertiary/aromatic N) is 1. The number of imide groups is 1. The van der Waals surface area contributed by atoms with Crippen molar-refractivity contribution in [2.45, 2.75) is 6.42 Å². The molecule has 2 aliphatic heterocycles. The number of fused-ring (bicyclic) bond motifs is 1. The molecule has 3 amide bonds. The van der Waals surface area contributed by atoms with Gasteiger partial charge in [-0.15, -0.1) is 0 Å². The maximum atomic E-state index is 13.0. The van der Waals surface area contributed by atoms with Gasteiger partial charge in [-0.05, 0) is 47.7 Å². The molecule has 0 unspecified atom stereocenters. The number of halogens is 2. The highest BCUT2D eigenvalue weighted by Crippen LogP contribution is 2.38. The third-order valence-electron chi connectivity index (χ3n) is 4.73. The van der Waals surface area contributed by atoms with Crippen molar-refractivity contribution in [2.24, 2.45) is 0 Å². The van der Waals surface area contributed by atoms with Crippen molar-refractivity contribution in [2.75, 3.05) is 26.3 Å². The van der Waals surface area contributed by atoms with E-state index < -0.39 is 17.1 Å². The van der Waals surface area contributed by atoms with Crippen LogP contribution in [0, 0.1) is 5.82 Å². The second kappa shape index (κ2) is 9.62. The highest BCUT2D eigenvalue weighted by Gasteiger charge is 2.34. The van der Waals surface area contributed by atoms with E-state index in [2.05, 4.69) is 5.32 Å². The van der Waals surface area contributed by atoms with Crippen molar-refractivity contribution >= 4 is 46.5 Å². The number of hydrogen-bond donors (Lipinski definition) is 1. The number of hydrogen-bond acceptors (Lipinski definition) is 6. The van der Waals surface area contributed by atoms with E-state index in [0.717, 1.165) is 16.7 Å². The molecule has 0 spiro atoms. The Morgan fingerprint density at radius 3 is 2.72 bits per heavy atom. The largest absolute Gasteiger partial charge is 0.489 e. The zero-order chi connectivity index (χ0) is 22.7. The van der Waals surface area contributed by atoms with Crippen LogP contribution in [0.15, 0.2) is 41.3 Å². The van der Waals surface area contributed by atoms with Crippen molar-refractivity contribution in [3.05, 3.63) is 63.3 Å². The monoisotopic (exact) mass is 476 g/mol. The summed E-state index contributed by atoms with van der Waals surface area (Å²) < 4.78 is 24.2. The van der Waals surface area contributed by atoms with Crippen LogP contribution in [0.1, 0.15) is 22.3 Å². The molecule has 2 aromatic carbocycles. The van der Waals surface area contributed by atoms with E-state index in [-0.39, 0.29) is 34.4 Å². The van der Waals surface area contributed by atoms with E-state index in [9.17, 15) is 18.8 Å². The van der Waals surface area contributed by atoms with Crippen LogP contribution < -0.4 is 14.8 Å². The highest BCUT2D eigenvalue weighted by molar-refractivity contribution is 8.18. The molecule has 2 aromatic rings. The first-order chi connectivity index (χ1) is 15.4. The van der Waals surface area contributed by atoms with Crippen LogP contribution in [0.2, 0.25) is 5.02 Å². The van der Waals surface area contributed by atoms with Crippen molar-refractivity contribution in [3.63, 3.8) is 0 Å². The molecule has 0 saturated carbocycles. The normalized spacial score (nSPS) is 16.9. The molecule has 0 aromatic heterocycles. The second-order valence-electron chi connectivity index (χ2n) is 6.98. The topological polar surface area (TPSA) is 84.9 Å². The van der Waals surface area contributed by atoms with Crippen molar-refractivity contribution < 1.29 is 28.2 Å². The smallest absolute Gasteiger partial charge is 0.293 e. The molecule has 2 aliphatic rings. The molecule has 10 heteroatoms. The quantitative estimate of drug-likeness (QED) is 0.654. The molecule has 4 rings (SSSR count). The molecule has 0 bridgehead atoms. The van der Waals surface area contributed by atoms with E-state index in [4.69, 9.17) is 21.1 Å². The van der Waals surface area contributed by atoms with Gasteiger partial charge < -0.3 is 14.8 Å². The number of amides is 3. The van der Waals surface area contributed by atoms with Gasteiger partial charge in [0.1, 0.15) is 5.82 Å². The van der Waals surface area contributed by atoms with Crippen LogP contribution in [-0.2, 0) is 4.79 Å². The fourth-order valence-electron chi connectivity index (χ4n) is 3.15. The van der Waals surface area contributed by atoms with Gasteiger partial charge in [0.15, 0.2) is 11.5 Å². The lowest BCUT2D eigenvalue weighted by atomic mass is 10.2. The number of nitrogens with one attached hydrogen (secondary N) is 1. The maximum absolute atomic E-state index is 13.0. The highest BCUT2D eigenvalue weighted by atomic mass is 35.5. The zero-order valence-corrected chi connectivity index (χ0v) is 18.3. The molecule has 1 fully saturated rings. The summed E-state index contributed by atoms with van der Waals surface area (Å²) in [6.45, 7) is 1.01. The Balaban J connectivity index is 1.37. The first-order valence-electron chi connectivity index (χ1n) is 9.80. The maximum Gasteiger partial charge on any atom is 0.293 e. The fourth-order valence-corrected chi connectivity index (χ4v) is 4.28. The Kier molecular flexibility index (Phi) is 6.66. The summed E-state index contributed by atoms with van der Waals surface area (Å²) >= 11 is 7.02. The third kappa shape index (κ3) is 4.89. The number of carbonyl (C=O) groups is 3. The predicted octanol–water partition coefficient (Wildman–Crippen LogP) is 4.11. The Hall–Kier alpha value is -3.04. The minimum atomic E-state index is -0.461. The lowest BCUT2D eigenvalue weighted by molar-refractivity contribution is -0.122. The Labute approximate surface area is 192 Å². The van der Waals surface area contributed by atoms with Gasteiger partial charge in [0.25, 0.3) is 17.1 Å². The first-order valence-corrected chi connectivity index (χ1v) is 11.0. The average molecular weight is 477 g/mol. The minimum Gasteiger partial charge on any atom is -0.489 e. The van der Waals surface area contributed by atoms with Gasteiger partial charge in [0.05, 0.1) is 23.1 Å². The molecule has 1 saturated heterocycles. The zero-order valence-electron chi connectivity index (χ0n) is 16.7. The van der Waals surface area contributed by atoms with Crippen LogP contribution in [0.3, 0.4) is 0 Å². The summed E-state index contributed by atoms with van der Waals surface area (Å²) in [7, 11) is 0. The molecule has 0 atom stereocenters. The lowest BCUT2D eigenvalue weighted by Gasteiger charge is -2.14. The molecule has 0 radical (unpaired) electrons. The van der Waals surface area contributed by atoms with Gasteiger partial charge in [-0.25, -0.2) is 4.39 Å². The Bertz CT molecular complexity index is 1110. The molecule has 32 heavy (non-hydrogen) atoms. The number of rotatable bonds is 5. The lowest BCUT2D eigenvalue weighted by Crippen LogP contribution is -2.37. The van der Waals surface area contributed by atoms with Crippen molar-refractivity contribution in [1.82, 2.24) is 10.2 Å². The summed E-state index contributed by atoms with van der Waals surface area (Å²) in [5, 5.41) is 2.51. The van der Waals surface area contributed by atoms with Crippen molar-refractivity contribution in [1.29, 1.82) is 0 Å². The number of thioether (sulfide) groups is 1. The van der Waals surface area contributed by atoms with E-state index >= 15 is 0 Å². The van der Waals surface area contributed by atoms with Gasteiger partial charge in [-0.2, -0.15) is 0 Å². The van der Waals surface area contributed by atoms with Gasteiger partial charge in [-0.3, -0.25) is 19.3 Å². The third-order valence-corrected chi connectivity index (χ3v) is 5.91. The molecule has 7 nitrogen and oxygen atoms in total. The fraction of sp³-hybridized carbons (Fsp3) is 0.227. The van der Waals surface area contributed by atoms with Gasteiger partial charge in [0.2, 0.25) is 0 Å². The van der Waals surface area contributed by atoms with Crippen molar-refractivity contribution in [3.8, 4) is 11.5 Å². The first kappa shape index (κ1) is 22.2. The summed E-state index contributed by atoms with van der Waals surface area (Å²) in [5.74, 6) is -0.460. The molecular weight excluding hydrogens is 459 g/mol. The van der Waals surface area contributed by atoms with Crippen LogP contribution in [0.5, 0.6) is 11.5 Å². The van der Waals surface area contributed by atoms with Crippen LogP contribution in [0.4, 0.5) is 9.18 Å². The summed E-state index contributed by atoms with van der Waals surface area (Å²) in [6, 6.07) is 8.62. The molecule has 166 valence electrons. The van der Waals surface area contributed by atoms with E-state index in [1.807, 2.05) is 0 Å². The molecule has 2 heterocycles. The second-order valence-corrected chi connectivity index (χ2v) is 8.38. The number of benzene rings is 2. The molecule has 0 aliphatic carbocycles. The number of ether oxygens (including phenoxy) is 2. The van der Waals surface area contributed by atoms with Gasteiger partial charge in [0, 0.05) is 25.1 Å². The van der Waals surface area contributed by atoms with E-state index in [1.54, 1.807) is 6.07 Å². The standard InChI is InChI=1S/C22H18ClFN2O5S/c23-16-11-14(12-17-19(16)31-9-1-8-30-17)20(27)25-6-7-26-21(28)18(32-22(26)29)10-13-2-4-15(24)5-3-13/h2-5,10-12H,1,6-9H2,(H,25,27)/b18-10-. The molecular formula is C22H18ClFN2O5S. The van der Waals surface area contributed by atoms with Crippen LogP contribution in [0.25, 0.3) is 6.08 Å². The van der Waals surface area contributed by atoms with Gasteiger partial charge >= 0.3 is 0 Å². The Morgan fingerprint density at radius 1 is 1.19 bits per heavy atom. The molecule has 1 N–H and O–H groups in total. The average Bonchev–Trinajstić information content (AvgIpc) is 2.94. The summed E-state index contributed by atoms with van der Waals surface area (Å²) in [4.78, 5) is 38.6. The van der Waals surface area contributed by atoms with E-state index in [0.29, 0.717) is 36.7 Å². The van der Waals surface area contributed by atoms with E-state index in [1.165, 1.54) is 36.4 Å². The van der Waals surface area contributed by atoms with Gasteiger partial charge in [-0.1, -0.05) is 23.7 Å². The summed E-state index contributed by atoms with van der Waals surface area (Å²) in [6.07, 6.45) is 2.24. The minimum absolute atomic E-state index is 0.00937. The summed E-state index contributed by atoms with van der Waals surface area (Å²) in [5.41, 5.74) is 0.890.